The van der Waals surface area contributed by atoms with Crippen LogP contribution in [0, 0.1) is 5.82 Å². The number of hydrazone groups is 1. The van der Waals surface area contributed by atoms with Crippen LogP contribution in [-0.4, -0.2) is 30.6 Å². The quantitative estimate of drug-likeness (QED) is 0.854. The molecule has 0 unspecified atom stereocenters. The van der Waals surface area contributed by atoms with Gasteiger partial charge in [0.1, 0.15) is 11.5 Å². The number of nitrogens with zero attached hydrogens (tertiary/aromatic N) is 3. The second-order valence-electron chi connectivity index (χ2n) is 7.25. The van der Waals surface area contributed by atoms with Crippen molar-refractivity contribution in [3.05, 3.63) is 54.3 Å². The maximum atomic E-state index is 13.9. The molecule has 1 fully saturated rings. The Morgan fingerprint density at radius 2 is 1.76 bits per heavy atom. The van der Waals surface area contributed by atoms with E-state index >= 15 is 0 Å². The second-order valence-corrected chi connectivity index (χ2v) is 7.25. The van der Waals surface area contributed by atoms with Gasteiger partial charge in [-0.2, -0.15) is 5.10 Å². The number of benzene rings is 2. The first-order valence-corrected chi connectivity index (χ1v) is 9.93. The van der Waals surface area contributed by atoms with Crippen molar-refractivity contribution in [3.8, 4) is 0 Å². The lowest BCUT2D eigenvalue weighted by Gasteiger charge is -2.30. The van der Waals surface area contributed by atoms with Gasteiger partial charge in [-0.05, 0) is 49.6 Å². The summed E-state index contributed by atoms with van der Waals surface area (Å²) >= 11 is 0. The summed E-state index contributed by atoms with van der Waals surface area (Å²) in [6.07, 6.45) is 3.78. The Kier molecular flexibility index (Phi) is 5.55. The number of para-hydroxylation sites is 1. The number of carbonyl (C=O) groups excluding carboxylic acids is 2. The van der Waals surface area contributed by atoms with Crippen LogP contribution in [0.2, 0.25) is 0 Å². The van der Waals surface area contributed by atoms with Crippen LogP contribution in [0.15, 0.2) is 53.6 Å². The number of rotatable bonds is 4. The van der Waals surface area contributed by atoms with Crippen LogP contribution in [-0.2, 0) is 9.59 Å². The molecule has 1 N–H and O–H groups in total. The van der Waals surface area contributed by atoms with Crippen molar-refractivity contribution in [1.29, 1.82) is 0 Å². The molecule has 150 valence electrons. The zero-order valence-corrected chi connectivity index (χ0v) is 16.1. The third kappa shape index (κ3) is 4.29. The molecule has 0 aliphatic carbocycles. The molecule has 0 saturated carbocycles. The van der Waals surface area contributed by atoms with Crippen molar-refractivity contribution in [2.45, 2.75) is 32.1 Å². The monoisotopic (exact) mass is 394 g/mol. The van der Waals surface area contributed by atoms with Crippen molar-refractivity contribution in [3.63, 3.8) is 0 Å². The van der Waals surface area contributed by atoms with Crippen LogP contribution in [0.4, 0.5) is 21.5 Å². The van der Waals surface area contributed by atoms with Crippen molar-refractivity contribution in [2.24, 2.45) is 5.10 Å². The highest BCUT2D eigenvalue weighted by molar-refractivity contribution is 6.44. The Hall–Kier alpha value is -3.22. The molecular weight excluding hydrogens is 371 g/mol. The summed E-state index contributed by atoms with van der Waals surface area (Å²) in [5, 5.41) is 8.35. The van der Waals surface area contributed by atoms with Gasteiger partial charge in [0.05, 0.1) is 17.1 Å². The molecule has 0 aromatic heterocycles. The van der Waals surface area contributed by atoms with E-state index in [1.165, 1.54) is 23.6 Å². The van der Waals surface area contributed by atoms with Crippen molar-refractivity contribution >= 4 is 34.6 Å². The lowest BCUT2D eigenvalue weighted by molar-refractivity contribution is -0.118. The molecule has 29 heavy (non-hydrogen) atoms. The van der Waals surface area contributed by atoms with Crippen LogP contribution >= 0.6 is 0 Å². The first-order valence-electron chi connectivity index (χ1n) is 9.93. The molecule has 2 amide bonds. The van der Waals surface area contributed by atoms with Gasteiger partial charge in [-0.25, -0.2) is 9.40 Å². The first kappa shape index (κ1) is 19.1. The highest BCUT2D eigenvalue weighted by Gasteiger charge is 2.26. The Morgan fingerprint density at radius 1 is 1.00 bits per heavy atom. The summed E-state index contributed by atoms with van der Waals surface area (Å²) < 4.78 is 13.9. The van der Waals surface area contributed by atoms with E-state index in [9.17, 15) is 14.0 Å². The van der Waals surface area contributed by atoms with Gasteiger partial charge in [0, 0.05) is 25.9 Å². The van der Waals surface area contributed by atoms with Crippen molar-refractivity contribution < 1.29 is 14.0 Å². The highest BCUT2D eigenvalue weighted by Crippen LogP contribution is 2.30. The van der Waals surface area contributed by atoms with E-state index in [0.717, 1.165) is 31.6 Å². The maximum Gasteiger partial charge on any atom is 0.271 e. The second kappa shape index (κ2) is 8.43. The van der Waals surface area contributed by atoms with Gasteiger partial charge in [-0.3, -0.25) is 9.59 Å². The fraction of sp³-hybridized carbons (Fsp3) is 0.318. The van der Waals surface area contributed by atoms with Crippen LogP contribution in [0.5, 0.6) is 0 Å². The van der Waals surface area contributed by atoms with E-state index in [4.69, 9.17) is 0 Å². The zero-order valence-electron chi connectivity index (χ0n) is 16.1. The third-order valence-electron chi connectivity index (χ3n) is 5.20. The predicted octanol–water partition coefficient (Wildman–Crippen LogP) is 3.94. The molecule has 1 saturated heterocycles. The minimum absolute atomic E-state index is 0.160. The van der Waals surface area contributed by atoms with E-state index < -0.39 is 11.7 Å². The molecule has 2 aromatic carbocycles. The Bertz CT molecular complexity index is 939. The van der Waals surface area contributed by atoms with E-state index in [1.54, 1.807) is 18.2 Å². The maximum absolute atomic E-state index is 13.9. The molecule has 0 atom stereocenters. The van der Waals surface area contributed by atoms with Crippen LogP contribution in [0.3, 0.4) is 0 Å². The van der Waals surface area contributed by atoms with Gasteiger partial charge in [0.25, 0.3) is 5.91 Å². The number of nitrogens with one attached hydrogen (secondary N) is 1. The van der Waals surface area contributed by atoms with Gasteiger partial charge in [-0.15, -0.1) is 0 Å². The Balaban J connectivity index is 1.57. The molecule has 7 heteroatoms. The predicted molar refractivity (Wildman–Crippen MR) is 112 cm³/mol. The lowest BCUT2D eigenvalue weighted by atomic mass is 10.1. The van der Waals surface area contributed by atoms with Crippen molar-refractivity contribution in [1.82, 2.24) is 0 Å². The van der Waals surface area contributed by atoms with Crippen LogP contribution < -0.4 is 15.2 Å². The Labute approximate surface area is 169 Å². The normalized spacial score (nSPS) is 17.1. The highest BCUT2D eigenvalue weighted by atomic mass is 19.1. The van der Waals surface area contributed by atoms with Gasteiger partial charge in [0.2, 0.25) is 5.91 Å². The molecule has 2 aliphatic rings. The summed E-state index contributed by atoms with van der Waals surface area (Å²) in [5.41, 5.74) is 2.11. The Morgan fingerprint density at radius 3 is 2.52 bits per heavy atom. The van der Waals surface area contributed by atoms with Gasteiger partial charge < -0.3 is 10.2 Å². The number of halogens is 1. The van der Waals surface area contributed by atoms with E-state index in [1.807, 2.05) is 18.2 Å². The summed E-state index contributed by atoms with van der Waals surface area (Å²) in [5.74, 6) is -0.984. The number of hydrogen-bond donors (Lipinski definition) is 1. The summed E-state index contributed by atoms with van der Waals surface area (Å²) in [4.78, 5) is 27.3. The van der Waals surface area contributed by atoms with Crippen molar-refractivity contribution in [2.75, 3.05) is 28.3 Å². The molecular formula is C22H23FN4O2. The van der Waals surface area contributed by atoms with E-state index in [0.29, 0.717) is 11.4 Å². The van der Waals surface area contributed by atoms with Gasteiger partial charge in [-0.1, -0.05) is 18.2 Å². The molecule has 0 bridgehead atoms. The third-order valence-corrected chi connectivity index (χ3v) is 5.20. The summed E-state index contributed by atoms with van der Waals surface area (Å²) in [6, 6.07) is 13.5. The molecule has 2 heterocycles. The molecule has 0 radical (unpaired) electrons. The number of piperidine rings is 1. The summed E-state index contributed by atoms with van der Waals surface area (Å²) in [7, 11) is 0. The molecule has 6 nitrogen and oxygen atoms in total. The van der Waals surface area contributed by atoms with Gasteiger partial charge >= 0.3 is 0 Å². The van der Waals surface area contributed by atoms with E-state index in [2.05, 4.69) is 15.3 Å². The van der Waals surface area contributed by atoms with E-state index in [-0.39, 0.29) is 24.5 Å². The molecule has 2 aromatic rings. The smallest absolute Gasteiger partial charge is 0.271 e. The average Bonchev–Trinajstić information content (AvgIpc) is 2.75. The first-order chi connectivity index (χ1) is 14.1. The number of anilines is 3. The number of amides is 2. The minimum Gasteiger partial charge on any atom is -0.370 e. The topological polar surface area (TPSA) is 65.0 Å². The van der Waals surface area contributed by atoms with Crippen LogP contribution in [0.25, 0.3) is 0 Å². The lowest BCUT2D eigenvalue weighted by Crippen LogP contribution is -2.37. The van der Waals surface area contributed by atoms with Crippen LogP contribution in [0.1, 0.15) is 32.1 Å². The summed E-state index contributed by atoms with van der Waals surface area (Å²) in [6.45, 7) is 1.76. The molecule has 2 aliphatic heterocycles. The minimum atomic E-state index is -0.415. The SMILES string of the molecule is O=C(Nc1cc(F)ccc1N1CCCCC1)C1=NN(c2ccccc2)C(=O)CC1. The molecule has 0 spiro atoms. The standard InChI is InChI=1S/C22H23FN4O2/c23-16-9-11-20(26-13-5-2-6-14-26)19(15-16)24-22(29)18-10-12-21(28)27(25-18)17-7-3-1-4-8-17/h1,3-4,7-9,11,15H,2,5-6,10,12-14H2,(H,24,29). The van der Waals surface area contributed by atoms with Gasteiger partial charge in [0.15, 0.2) is 0 Å². The fourth-order valence-corrected chi connectivity index (χ4v) is 3.70. The largest absolute Gasteiger partial charge is 0.370 e. The zero-order chi connectivity index (χ0) is 20.2. The average molecular weight is 394 g/mol. The number of carbonyl (C=O) groups is 2. The molecule has 4 rings (SSSR count). The number of hydrogen-bond acceptors (Lipinski definition) is 4. The fourth-order valence-electron chi connectivity index (χ4n) is 3.70.